The lowest BCUT2D eigenvalue weighted by atomic mass is 9.89. The Morgan fingerprint density at radius 2 is 1.89 bits per heavy atom. The highest BCUT2D eigenvalue weighted by atomic mass is 19.1. The van der Waals surface area contributed by atoms with Crippen LogP contribution in [0.3, 0.4) is 0 Å². The van der Waals surface area contributed by atoms with E-state index in [9.17, 15) is 9.18 Å². The predicted molar refractivity (Wildman–Crippen MR) is 105 cm³/mol. The fourth-order valence-corrected chi connectivity index (χ4v) is 4.03. The van der Waals surface area contributed by atoms with Crippen LogP contribution < -0.4 is 5.69 Å². The number of hydrogen-bond donors (Lipinski definition) is 0. The molecule has 3 aromatic heterocycles. The van der Waals surface area contributed by atoms with Crippen molar-refractivity contribution >= 4 is 21.9 Å². The highest BCUT2D eigenvalue weighted by Crippen LogP contribution is 2.37. The summed E-state index contributed by atoms with van der Waals surface area (Å²) < 4.78 is 22.1. The van der Waals surface area contributed by atoms with E-state index in [1.807, 2.05) is 22.8 Å². The van der Waals surface area contributed by atoms with Gasteiger partial charge in [0.2, 0.25) is 5.95 Å². The first kappa shape index (κ1) is 17.1. The normalized spacial score (nSPS) is 19.2. The van der Waals surface area contributed by atoms with Crippen molar-refractivity contribution < 1.29 is 9.13 Å². The van der Waals surface area contributed by atoms with E-state index in [1.54, 1.807) is 31.0 Å². The number of benzene rings is 1. The topological polar surface area (TPSA) is 61.9 Å². The molecule has 1 aromatic carbocycles. The molecule has 142 valence electrons. The number of imidazole rings is 1. The minimum atomic E-state index is -0.511. The van der Waals surface area contributed by atoms with Gasteiger partial charge >= 0.3 is 5.69 Å². The van der Waals surface area contributed by atoms with Crippen LogP contribution in [-0.4, -0.2) is 32.3 Å². The molecular weight excluding hydrogens is 359 g/mol. The third kappa shape index (κ3) is 2.46. The van der Waals surface area contributed by atoms with E-state index in [-0.39, 0.29) is 17.8 Å². The van der Waals surface area contributed by atoms with Crippen molar-refractivity contribution in [3.05, 3.63) is 59.2 Å². The van der Waals surface area contributed by atoms with Crippen molar-refractivity contribution in [2.75, 3.05) is 7.11 Å². The van der Waals surface area contributed by atoms with Crippen LogP contribution in [0.1, 0.15) is 18.9 Å². The summed E-state index contributed by atoms with van der Waals surface area (Å²) in [4.78, 5) is 21.2. The first-order chi connectivity index (χ1) is 13.6. The maximum absolute atomic E-state index is 13.2. The molecule has 1 aliphatic rings. The Morgan fingerprint density at radius 1 is 1.11 bits per heavy atom. The van der Waals surface area contributed by atoms with Gasteiger partial charge in [-0.05, 0) is 42.7 Å². The molecule has 6 nitrogen and oxygen atoms in total. The lowest BCUT2D eigenvalue weighted by molar-refractivity contribution is 0.00635. The van der Waals surface area contributed by atoms with E-state index < -0.39 is 5.95 Å². The van der Waals surface area contributed by atoms with Crippen LogP contribution in [0.4, 0.5) is 4.39 Å². The van der Waals surface area contributed by atoms with Crippen molar-refractivity contribution in [2.24, 2.45) is 7.05 Å². The van der Waals surface area contributed by atoms with Crippen LogP contribution in [0.2, 0.25) is 0 Å². The average Bonchev–Trinajstić information content (AvgIpc) is 2.93. The van der Waals surface area contributed by atoms with Gasteiger partial charge in [-0.2, -0.15) is 4.39 Å². The third-order valence-corrected chi connectivity index (χ3v) is 5.74. The fourth-order valence-electron chi connectivity index (χ4n) is 4.03. The summed E-state index contributed by atoms with van der Waals surface area (Å²) in [5.74, 6) is -0.511. The van der Waals surface area contributed by atoms with E-state index in [2.05, 4.69) is 9.97 Å². The molecule has 1 saturated carbocycles. The van der Waals surface area contributed by atoms with Gasteiger partial charge in [0.05, 0.1) is 28.9 Å². The number of aryl methyl sites for hydroxylation is 1. The minimum absolute atomic E-state index is 0.0438. The Labute approximate surface area is 160 Å². The summed E-state index contributed by atoms with van der Waals surface area (Å²) in [6.07, 6.45) is 5.10. The molecule has 0 amide bonds. The molecule has 0 bridgehead atoms. The summed E-state index contributed by atoms with van der Waals surface area (Å²) in [6, 6.07) is 9.02. The number of pyridine rings is 2. The van der Waals surface area contributed by atoms with E-state index in [0.29, 0.717) is 0 Å². The summed E-state index contributed by atoms with van der Waals surface area (Å²) in [5.41, 5.74) is 4.17. The van der Waals surface area contributed by atoms with Crippen molar-refractivity contribution in [1.82, 2.24) is 19.1 Å². The number of nitrogens with zero attached hydrogens (tertiary/aromatic N) is 4. The fraction of sp³-hybridized carbons (Fsp3) is 0.286. The molecule has 7 heteroatoms. The molecule has 28 heavy (non-hydrogen) atoms. The number of rotatable bonds is 3. The molecule has 0 spiro atoms. The second-order valence-corrected chi connectivity index (χ2v) is 7.29. The van der Waals surface area contributed by atoms with Crippen LogP contribution >= 0.6 is 0 Å². The number of ether oxygens (including phenoxy) is 1. The van der Waals surface area contributed by atoms with Gasteiger partial charge in [0.25, 0.3) is 0 Å². The number of fused-ring (bicyclic) bond motifs is 3. The van der Waals surface area contributed by atoms with Crippen molar-refractivity contribution in [3.63, 3.8) is 0 Å². The van der Waals surface area contributed by atoms with E-state index in [1.165, 1.54) is 12.3 Å². The molecule has 1 fully saturated rings. The molecule has 0 atom stereocenters. The van der Waals surface area contributed by atoms with Crippen molar-refractivity contribution in [3.8, 4) is 11.1 Å². The van der Waals surface area contributed by atoms with Crippen LogP contribution in [0.15, 0.2) is 47.5 Å². The molecule has 0 N–H and O–H groups in total. The Kier molecular flexibility index (Phi) is 3.80. The van der Waals surface area contributed by atoms with Gasteiger partial charge in [0.15, 0.2) is 0 Å². The van der Waals surface area contributed by atoms with Gasteiger partial charge < -0.3 is 4.74 Å². The van der Waals surface area contributed by atoms with Crippen LogP contribution in [-0.2, 0) is 11.8 Å². The molecule has 0 saturated heterocycles. The standard InChI is InChI=1S/C21H19FN4O2/c1-25-18-11-23-17-5-3-12(13-4-6-19(22)24-10-13)7-16(17)20(18)26(21(25)27)14-8-15(9-14)28-2/h3-7,10-11,14-15H,8-9H2,1-2H3/t14-,15-. The quantitative estimate of drug-likeness (QED) is 0.513. The zero-order chi connectivity index (χ0) is 19.4. The smallest absolute Gasteiger partial charge is 0.329 e. The molecule has 0 aliphatic heterocycles. The van der Waals surface area contributed by atoms with Crippen LogP contribution in [0.25, 0.3) is 33.1 Å². The van der Waals surface area contributed by atoms with Gasteiger partial charge in [0, 0.05) is 37.3 Å². The summed E-state index contributed by atoms with van der Waals surface area (Å²) in [5, 5.41) is 0.901. The third-order valence-electron chi connectivity index (χ3n) is 5.74. The van der Waals surface area contributed by atoms with Crippen molar-refractivity contribution in [1.29, 1.82) is 0 Å². The maximum Gasteiger partial charge on any atom is 0.329 e. The number of aromatic nitrogens is 4. The van der Waals surface area contributed by atoms with Gasteiger partial charge in [-0.25, -0.2) is 9.78 Å². The van der Waals surface area contributed by atoms with E-state index >= 15 is 0 Å². The Bertz CT molecular complexity index is 1250. The molecule has 5 rings (SSSR count). The zero-order valence-electron chi connectivity index (χ0n) is 15.6. The Balaban J connectivity index is 1.76. The van der Waals surface area contributed by atoms with E-state index in [0.717, 1.165) is 45.9 Å². The average molecular weight is 378 g/mol. The first-order valence-electron chi connectivity index (χ1n) is 9.21. The largest absolute Gasteiger partial charge is 0.381 e. The maximum atomic E-state index is 13.2. The van der Waals surface area contributed by atoms with E-state index in [4.69, 9.17) is 4.74 Å². The second kappa shape index (κ2) is 6.24. The molecule has 4 aromatic rings. The SMILES string of the molecule is CO[C@H]1C[C@H](n2c(=O)n(C)c3cnc4ccc(-c5ccc(F)nc5)cc4c32)C1. The van der Waals surface area contributed by atoms with Gasteiger partial charge in [-0.1, -0.05) is 6.07 Å². The monoisotopic (exact) mass is 378 g/mol. The molecule has 0 radical (unpaired) electrons. The zero-order valence-corrected chi connectivity index (χ0v) is 15.6. The molecule has 3 heterocycles. The molecule has 1 aliphatic carbocycles. The van der Waals surface area contributed by atoms with Crippen LogP contribution in [0.5, 0.6) is 0 Å². The highest BCUT2D eigenvalue weighted by molar-refractivity contribution is 6.04. The summed E-state index contributed by atoms with van der Waals surface area (Å²) in [6.45, 7) is 0. The Morgan fingerprint density at radius 3 is 2.61 bits per heavy atom. The van der Waals surface area contributed by atoms with Gasteiger partial charge in [-0.15, -0.1) is 0 Å². The first-order valence-corrected chi connectivity index (χ1v) is 9.21. The lowest BCUT2D eigenvalue weighted by Gasteiger charge is -2.34. The highest BCUT2D eigenvalue weighted by Gasteiger charge is 2.33. The Hall–Kier alpha value is -3.06. The summed E-state index contributed by atoms with van der Waals surface area (Å²) >= 11 is 0. The second-order valence-electron chi connectivity index (χ2n) is 7.29. The molecule has 0 unspecified atom stereocenters. The number of halogens is 1. The molecular formula is C21H19FN4O2. The minimum Gasteiger partial charge on any atom is -0.381 e. The number of methoxy groups -OCH3 is 1. The predicted octanol–water partition coefficient (Wildman–Crippen LogP) is 3.44. The number of hydrogen-bond acceptors (Lipinski definition) is 4. The van der Waals surface area contributed by atoms with Gasteiger partial charge in [-0.3, -0.25) is 14.1 Å². The lowest BCUT2D eigenvalue weighted by Crippen LogP contribution is -2.37. The van der Waals surface area contributed by atoms with Crippen molar-refractivity contribution in [2.45, 2.75) is 25.0 Å². The van der Waals surface area contributed by atoms with Gasteiger partial charge in [0.1, 0.15) is 0 Å². The summed E-state index contributed by atoms with van der Waals surface area (Å²) in [7, 11) is 3.48. The van der Waals surface area contributed by atoms with Crippen LogP contribution in [0, 0.1) is 5.95 Å².